The SMILES string of the molecule is Cc1ccc(Cn2nc(C)c(/C=N/N=C(/C(=O)c3ccccc3)c3ccccc3)c2C)cc1. The van der Waals surface area contributed by atoms with Crippen molar-refractivity contribution in [2.75, 3.05) is 0 Å². The third kappa shape index (κ3) is 5.21. The molecule has 0 saturated carbocycles. The minimum Gasteiger partial charge on any atom is -0.287 e. The van der Waals surface area contributed by atoms with Gasteiger partial charge in [-0.25, -0.2) is 0 Å². The second kappa shape index (κ2) is 10.0. The van der Waals surface area contributed by atoms with Crippen LogP contribution in [0.4, 0.5) is 0 Å². The molecule has 0 aliphatic rings. The number of carbonyl (C=O) groups is 1. The topological polar surface area (TPSA) is 59.6 Å². The zero-order chi connectivity index (χ0) is 23.2. The van der Waals surface area contributed by atoms with E-state index >= 15 is 0 Å². The molecule has 4 aromatic rings. The fraction of sp³-hybridized carbons (Fsp3) is 0.143. The van der Waals surface area contributed by atoms with Crippen molar-refractivity contribution in [3.63, 3.8) is 0 Å². The number of hydrogen-bond acceptors (Lipinski definition) is 4. The van der Waals surface area contributed by atoms with Crippen LogP contribution in [0.5, 0.6) is 0 Å². The molecule has 0 atom stereocenters. The van der Waals surface area contributed by atoms with Crippen molar-refractivity contribution in [3.05, 3.63) is 124 Å². The third-order valence-electron chi connectivity index (χ3n) is 5.53. The van der Waals surface area contributed by atoms with Gasteiger partial charge in [-0.3, -0.25) is 9.48 Å². The molecule has 0 amide bonds. The number of hydrogen-bond donors (Lipinski definition) is 0. The van der Waals surface area contributed by atoms with Crippen molar-refractivity contribution in [3.8, 4) is 0 Å². The quantitative estimate of drug-likeness (QED) is 0.217. The van der Waals surface area contributed by atoms with Gasteiger partial charge >= 0.3 is 0 Å². The van der Waals surface area contributed by atoms with Crippen molar-refractivity contribution >= 4 is 17.7 Å². The molecule has 164 valence electrons. The number of rotatable bonds is 7. The van der Waals surface area contributed by atoms with Crippen LogP contribution >= 0.6 is 0 Å². The molecule has 0 aliphatic carbocycles. The van der Waals surface area contributed by atoms with Gasteiger partial charge in [0.2, 0.25) is 5.78 Å². The first-order chi connectivity index (χ1) is 16.0. The van der Waals surface area contributed by atoms with Crippen LogP contribution in [-0.4, -0.2) is 27.5 Å². The highest BCUT2D eigenvalue weighted by Crippen LogP contribution is 2.14. The molecule has 4 rings (SSSR count). The van der Waals surface area contributed by atoms with Crippen LogP contribution in [0, 0.1) is 20.8 Å². The van der Waals surface area contributed by atoms with Gasteiger partial charge < -0.3 is 0 Å². The van der Waals surface area contributed by atoms with Crippen LogP contribution in [-0.2, 0) is 6.54 Å². The van der Waals surface area contributed by atoms with Crippen LogP contribution in [0.3, 0.4) is 0 Å². The maximum absolute atomic E-state index is 13.1. The Morgan fingerprint density at radius 3 is 2.09 bits per heavy atom. The van der Waals surface area contributed by atoms with Gasteiger partial charge in [-0.05, 0) is 26.3 Å². The lowest BCUT2D eigenvalue weighted by Crippen LogP contribution is -2.15. The van der Waals surface area contributed by atoms with Gasteiger partial charge in [-0.15, -0.1) is 5.10 Å². The van der Waals surface area contributed by atoms with Crippen LogP contribution < -0.4 is 0 Å². The minimum atomic E-state index is -0.164. The second-order valence-electron chi connectivity index (χ2n) is 7.98. The van der Waals surface area contributed by atoms with Crippen molar-refractivity contribution in [2.45, 2.75) is 27.3 Å². The molecular weight excluding hydrogens is 408 g/mol. The van der Waals surface area contributed by atoms with E-state index in [1.54, 1.807) is 18.3 Å². The van der Waals surface area contributed by atoms with Crippen molar-refractivity contribution < 1.29 is 4.79 Å². The summed E-state index contributed by atoms with van der Waals surface area (Å²) in [5.41, 5.74) is 6.81. The molecule has 0 bridgehead atoms. The molecule has 0 N–H and O–H groups in total. The summed E-state index contributed by atoms with van der Waals surface area (Å²) < 4.78 is 1.97. The highest BCUT2D eigenvalue weighted by molar-refractivity contribution is 6.51. The highest BCUT2D eigenvalue weighted by Gasteiger charge is 2.16. The first kappa shape index (κ1) is 22.1. The van der Waals surface area contributed by atoms with Gasteiger partial charge in [-0.2, -0.15) is 10.2 Å². The van der Waals surface area contributed by atoms with E-state index in [9.17, 15) is 4.79 Å². The lowest BCUT2D eigenvalue weighted by Gasteiger charge is -2.05. The number of Topliss-reactive ketones (excluding diaryl/α,β-unsaturated/α-hetero) is 1. The summed E-state index contributed by atoms with van der Waals surface area (Å²) in [7, 11) is 0. The summed E-state index contributed by atoms with van der Waals surface area (Å²) in [4.78, 5) is 13.1. The normalized spacial score (nSPS) is 11.8. The van der Waals surface area contributed by atoms with Crippen molar-refractivity contribution in [1.82, 2.24) is 9.78 Å². The van der Waals surface area contributed by atoms with E-state index < -0.39 is 0 Å². The lowest BCUT2D eigenvalue weighted by atomic mass is 10.0. The molecule has 0 saturated heterocycles. The monoisotopic (exact) mass is 434 g/mol. The Morgan fingerprint density at radius 1 is 0.848 bits per heavy atom. The largest absolute Gasteiger partial charge is 0.287 e. The molecule has 1 aromatic heterocycles. The number of aromatic nitrogens is 2. The fourth-order valence-electron chi connectivity index (χ4n) is 3.62. The van der Waals surface area contributed by atoms with E-state index in [0.717, 1.165) is 22.5 Å². The molecule has 1 heterocycles. The molecule has 5 nitrogen and oxygen atoms in total. The van der Waals surface area contributed by atoms with Gasteiger partial charge in [0.25, 0.3) is 0 Å². The second-order valence-corrected chi connectivity index (χ2v) is 7.98. The van der Waals surface area contributed by atoms with Gasteiger partial charge in [0.05, 0.1) is 18.5 Å². The Balaban J connectivity index is 1.63. The van der Waals surface area contributed by atoms with E-state index in [1.807, 2.05) is 67.1 Å². The van der Waals surface area contributed by atoms with Crippen molar-refractivity contribution in [1.29, 1.82) is 0 Å². The third-order valence-corrected chi connectivity index (χ3v) is 5.53. The Labute approximate surface area is 194 Å². The molecule has 0 fully saturated rings. The van der Waals surface area contributed by atoms with Gasteiger partial charge in [0.1, 0.15) is 5.71 Å². The Hall–Kier alpha value is -4.12. The van der Waals surface area contributed by atoms with E-state index in [4.69, 9.17) is 0 Å². The summed E-state index contributed by atoms with van der Waals surface area (Å²) in [6.07, 6.45) is 1.69. The molecule has 0 unspecified atom stereocenters. The molecular formula is C28H26N4O. The average molecular weight is 435 g/mol. The minimum absolute atomic E-state index is 0.164. The number of benzene rings is 3. The van der Waals surface area contributed by atoms with Crippen LogP contribution in [0.25, 0.3) is 0 Å². The van der Waals surface area contributed by atoms with E-state index in [2.05, 4.69) is 46.5 Å². The summed E-state index contributed by atoms with van der Waals surface area (Å²) >= 11 is 0. The predicted molar refractivity (Wildman–Crippen MR) is 133 cm³/mol. The molecule has 3 aromatic carbocycles. The standard InChI is InChI=1S/C28H26N4O/c1-20-14-16-23(17-15-20)19-32-22(3)26(21(2)31-32)18-29-30-27(24-10-6-4-7-11-24)28(33)25-12-8-5-9-13-25/h4-18H,19H2,1-3H3/b29-18+,30-27+. The van der Waals surface area contributed by atoms with Crippen LogP contribution in [0.15, 0.2) is 95.1 Å². The first-order valence-electron chi connectivity index (χ1n) is 10.9. The Morgan fingerprint density at radius 2 is 1.45 bits per heavy atom. The van der Waals surface area contributed by atoms with E-state index in [1.165, 1.54) is 11.1 Å². The van der Waals surface area contributed by atoms with Crippen molar-refractivity contribution in [2.24, 2.45) is 10.2 Å². The van der Waals surface area contributed by atoms with Crippen LogP contribution in [0.1, 0.15) is 44.0 Å². The summed E-state index contributed by atoms with van der Waals surface area (Å²) in [5.74, 6) is -0.164. The van der Waals surface area contributed by atoms with E-state index in [-0.39, 0.29) is 5.78 Å². The Kier molecular flexibility index (Phi) is 6.69. The number of nitrogens with zero attached hydrogens (tertiary/aromatic N) is 4. The van der Waals surface area contributed by atoms with Crippen LogP contribution in [0.2, 0.25) is 0 Å². The maximum Gasteiger partial charge on any atom is 0.213 e. The molecule has 0 aliphatic heterocycles. The first-order valence-corrected chi connectivity index (χ1v) is 10.9. The van der Waals surface area contributed by atoms with Gasteiger partial charge in [-0.1, -0.05) is 90.5 Å². The zero-order valence-electron chi connectivity index (χ0n) is 19.1. The lowest BCUT2D eigenvalue weighted by molar-refractivity contribution is 0.106. The maximum atomic E-state index is 13.1. The molecule has 33 heavy (non-hydrogen) atoms. The zero-order valence-corrected chi connectivity index (χ0v) is 19.1. The molecule has 0 radical (unpaired) electrons. The predicted octanol–water partition coefficient (Wildman–Crippen LogP) is 5.56. The summed E-state index contributed by atoms with van der Waals surface area (Å²) in [6, 6.07) is 27.0. The summed E-state index contributed by atoms with van der Waals surface area (Å²) in [5, 5.41) is 13.3. The smallest absolute Gasteiger partial charge is 0.213 e. The van der Waals surface area contributed by atoms with E-state index in [0.29, 0.717) is 17.8 Å². The number of aryl methyl sites for hydroxylation is 2. The molecule has 5 heteroatoms. The Bertz CT molecular complexity index is 1300. The number of ketones is 1. The van der Waals surface area contributed by atoms with Gasteiger partial charge in [0, 0.05) is 22.4 Å². The average Bonchev–Trinajstić information content (AvgIpc) is 3.11. The highest BCUT2D eigenvalue weighted by atomic mass is 16.1. The fourth-order valence-corrected chi connectivity index (χ4v) is 3.62. The van der Waals surface area contributed by atoms with Gasteiger partial charge in [0.15, 0.2) is 0 Å². The summed E-state index contributed by atoms with van der Waals surface area (Å²) in [6.45, 7) is 6.74. The molecule has 0 spiro atoms. The number of carbonyl (C=O) groups excluding carboxylic acids is 1.